The van der Waals surface area contributed by atoms with Gasteiger partial charge in [-0.15, -0.1) is 0 Å². The summed E-state index contributed by atoms with van der Waals surface area (Å²) in [7, 11) is 0. The highest BCUT2D eigenvalue weighted by molar-refractivity contribution is 6.31. The molecular weight excluding hydrogens is 275 g/mol. The van der Waals surface area contributed by atoms with Crippen molar-refractivity contribution < 1.29 is 13.2 Å². The molecule has 0 spiro atoms. The summed E-state index contributed by atoms with van der Waals surface area (Å²) in [5, 5.41) is 2.03. The van der Waals surface area contributed by atoms with Crippen LogP contribution in [0.1, 0.15) is 5.56 Å². The minimum absolute atomic E-state index is 0.324. The topological polar surface area (TPSA) is 12.9 Å². The fourth-order valence-electron chi connectivity index (χ4n) is 1.98. The van der Waals surface area contributed by atoms with Gasteiger partial charge in [0.1, 0.15) is 0 Å². The van der Waals surface area contributed by atoms with Crippen molar-refractivity contribution >= 4 is 33.4 Å². The van der Waals surface area contributed by atoms with Gasteiger partial charge in [0.2, 0.25) is 0 Å². The molecule has 0 aliphatic carbocycles. The Bertz CT molecular complexity index is 781. The van der Waals surface area contributed by atoms with Crippen LogP contribution in [-0.2, 0) is 6.18 Å². The van der Waals surface area contributed by atoms with E-state index >= 15 is 0 Å². The predicted molar refractivity (Wildman–Crippen MR) is 69.3 cm³/mol. The number of rotatable bonds is 0. The fourth-order valence-corrected chi connectivity index (χ4v) is 2.16. The standard InChI is InChI=1S/C14H7ClF3N/c15-11-3-4-12-9(6-11)5-8-1-2-10(14(16,17)18)7-13(8)19-12/h1-7H. The molecule has 0 radical (unpaired) electrons. The summed E-state index contributed by atoms with van der Waals surface area (Å²) in [5.74, 6) is 0. The lowest BCUT2D eigenvalue weighted by atomic mass is 10.1. The minimum atomic E-state index is -4.36. The SMILES string of the molecule is FC(F)(F)c1ccc2cc3cc(Cl)ccc3nc2c1. The molecule has 0 unspecified atom stereocenters. The first-order valence-electron chi connectivity index (χ1n) is 5.51. The molecule has 1 heterocycles. The van der Waals surface area contributed by atoms with Crippen molar-refractivity contribution in [3.63, 3.8) is 0 Å². The van der Waals surface area contributed by atoms with E-state index in [9.17, 15) is 13.2 Å². The Hall–Kier alpha value is -1.81. The van der Waals surface area contributed by atoms with Crippen LogP contribution >= 0.6 is 11.6 Å². The van der Waals surface area contributed by atoms with E-state index in [-0.39, 0.29) is 0 Å². The average Bonchev–Trinajstić information content (AvgIpc) is 2.34. The molecule has 1 aromatic heterocycles. The zero-order valence-corrected chi connectivity index (χ0v) is 10.3. The van der Waals surface area contributed by atoms with Gasteiger partial charge in [-0.1, -0.05) is 17.7 Å². The number of benzene rings is 2. The molecule has 2 aromatic carbocycles. The van der Waals surface area contributed by atoms with Crippen molar-refractivity contribution in [1.82, 2.24) is 4.98 Å². The zero-order valence-electron chi connectivity index (χ0n) is 9.50. The fraction of sp³-hybridized carbons (Fsp3) is 0.0714. The van der Waals surface area contributed by atoms with Crippen LogP contribution in [-0.4, -0.2) is 4.98 Å². The molecule has 19 heavy (non-hydrogen) atoms. The van der Waals surface area contributed by atoms with Crippen molar-refractivity contribution in [1.29, 1.82) is 0 Å². The van der Waals surface area contributed by atoms with Gasteiger partial charge >= 0.3 is 6.18 Å². The lowest BCUT2D eigenvalue weighted by Crippen LogP contribution is -2.04. The maximum absolute atomic E-state index is 12.6. The first-order chi connectivity index (χ1) is 8.93. The monoisotopic (exact) mass is 281 g/mol. The highest BCUT2D eigenvalue weighted by Gasteiger charge is 2.30. The third-order valence-electron chi connectivity index (χ3n) is 2.90. The van der Waals surface area contributed by atoms with Crippen LogP contribution in [0.2, 0.25) is 5.02 Å². The molecule has 0 saturated carbocycles. The molecule has 0 N–H and O–H groups in total. The Morgan fingerprint density at radius 3 is 2.37 bits per heavy atom. The number of pyridine rings is 1. The second-order valence-corrected chi connectivity index (χ2v) is 4.67. The van der Waals surface area contributed by atoms with Gasteiger partial charge < -0.3 is 0 Å². The second-order valence-electron chi connectivity index (χ2n) is 4.23. The van der Waals surface area contributed by atoms with Crippen LogP contribution in [0.3, 0.4) is 0 Å². The number of alkyl halides is 3. The molecule has 0 fully saturated rings. The number of hydrogen-bond acceptors (Lipinski definition) is 1. The highest BCUT2D eigenvalue weighted by atomic mass is 35.5. The van der Waals surface area contributed by atoms with Gasteiger partial charge in [0.05, 0.1) is 16.6 Å². The molecule has 0 atom stereocenters. The van der Waals surface area contributed by atoms with Gasteiger partial charge in [-0.25, -0.2) is 4.98 Å². The minimum Gasteiger partial charge on any atom is -0.248 e. The molecule has 1 nitrogen and oxygen atoms in total. The number of halogens is 4. The molecule has 3 rings (SSSR count). The van der Waals surface area contributed by atoms with Crippen LogP contribution in [0, 0.1) is 0 Å². The van der Waals surface area contributed by atoms with Crippen molar-refractivity contribution in [3.05, 3.63) is 53.1 Å². The Balaban J connectivity index is 2.29. The summed E-state index contributed by atoms with van der Waals surface area (Å²) in [6.07, 6.45) is -4.36. The number of nitrogens with zero attached hydrogens (tertiary/aromatic N) is 1. The maximum atomic E-state index is 12.6. The molecule has 96 valence electrons. The van der Waals surface area contributed by atoms with Crippen molar-refractivity contribution in [2.45, 2.75) is 6.18 Å². The lowest BCUT2D eigenvalue weighted by Gasteiger charge is -2.08. The average molecular weight is 282 g/mol. The molecule has 0 amide bonds. The Labute approximate surface area is 111 Å². The van der Waals surface area contributed by atoms with Crippen LogP contribution in [0.25, 0.3) is 21.8 Å². The summed E-state index contributed by atoms with van der Waals surface area (Å²) in [4.78, 5) is 4.23. The van der Waals surface area contributed by atoms with Crippen LogP contribution in [0.15, 0.2) is 42.5 Å². The third-order valence-corrected chi connectivity index (χ3v) is 3.13. The van der Waals surface area contributed by atoms with Gasteiger partial charge in [0, 0.05) is 15.8 Å². The Morgan fingerprint density at radius 1 is 0.842 bits per heavy atom. The van der Waals surface area contributed by atoms with Gasteiger partial charge in [-0.2, -0.15) is 13.2 Å². The van der Waals surface area contributed by atoms with E-state index in [0.717, 1.165) is 17.5 Å². The number of aromatic nitrogens is 1. The first kappa shape index (κ1) is 12.2. The molecule has 0 saturated heterocycles. The van der Waals surface area contributed by atoms with Crippen molar-refractivity contribution in [3.8, 4) is 0 Å². The van der Waals surface area contributed by atoms with Gasteiger partial charge in [0.15, 0.2) is 0 Å². The summed E-state index contributed by atoms with van der Waals surface area (Å²) < 4.78 is 37.9. The van der Waals surface area contributed by atoms with E-state index in [1.807, 2.05) is 0 Å². The number of hydrogen-bond donors (Lipinski definition) is 0. The molecule has 0 aliphatic rings. The molecule has 0 bridgehead atoms. The largest absolute Gasteiger partial charge is 0.416 e. The van der Waals surface area contributed by atoms with E-state index in [0.29, 0.717) is 21.4 Å². The van der Waals surface area contributed by atoms with E-state index < -0.39 is 11.7 Å². The smallest absolute Gasteiger partial charge is 0.248 e. The zero-order chi connectivity index (χ0) is 13.6. The molecule has 0 aliphatic heterocycles. The summed E-state index contributed by atoms with van der Waals surface area (Å²) in [6.45, 7) is 0. The first-order valence-corrected chi connectivity index (χ1v) is 5.88. The van der Waals surface area contributed by atoms with Crippen LogP contribution in [0.4, 0.5) is 13.2 Å². The van der Waals surface area contributed by atoms with E-state index in [2.05, 4.69) is 4.98 Å². The normalized spacial score (nSPS) is 12.2. The maximum Gasteiger partial charge on any atom is 0.416 e. The predicted octanol–water partition coefficient (Wildman–Crippen LogP) is 5.06. The van der Waals surface area contributed by atoms with Crippen molar-refractivity contribution in [2.24, 2.45) is 0 Å². The van der Waals surface area contributed by atoms with E-state index in [4.69, 9.17) is 11.6 Å². The van der Waals surface area contributed by atoms with E-state index in [1.165, 1.54) is 6.07 Å². The van der Waals surface area contributed by atoms with Gasteiger partial charge in [0.25, 0.3) is 0 Å². The Morgan fingerprint density at radius 2 is 1.63 bits per heavy atom. The van der Waals surface area contributed by atoms with Crippen LogP contribution < -0.4 is 0 Å². The van der Waals surface area contributed by atoms with Crippen molar-refractivity contribution in [2.75, 3.05) is 0 Å². The number of fused-ring (bicyclic) bond motifs is 2. The molecular formula is C14H7ClF3N. The van der Waals surface area contributed by atoms with E-state index in [1.54, 1.807) is 24.3 Å². The van der Waals surface area contributed by atoms with Gasteiger partial charge in [-0.05, 0) is 36.4 Å². The lowest BCUT2D eigenvalue weighted by molar-refractivity contribution is -0.137. The quantitative estimate of drug-likeness (QED) is 0.525. The second kappa shape index (κ2) is 4.10. The summed E-state index contributed by atoms with van der Waals surface area (Å²) in [6, 6.07) is 10.4. The highest BCUT2D eigenvalue weighted by Crippen LogP contribution is 2.32. The summed E-state index contributed by atoms with van der Waals surface area (Å²) in [5.41, 5.74) is 0.252. The molecule has 3 aromatic rings. The van der Waals surface area contributed by atoms with Crippen LogP contribution in [0.5, 0.6) is 0 Å². The Kier molecular flexibility index (Phi) is 2.64. The molecule has 5 heteroatoms. The summed E-state index contributed by atoms with van der Waals surface area (Å²) >= 11 is 5.88. The third kappa shape index (κ3) is 2.24. The van der Waals surface area contributed by atoms with Gasteiger partial charge in [-0.3, -0.25) is 0 Å².